The molecular formula is C16H19ClN2OS. The van der Waals surface area contributed by atoms with Crippen molar-refractivity contribution in [2.24, 2.45) is 0 Å². The molecule has 0 fully saturated rings. The highest BCUT2D eigenvalue weighted by atomic mass is 35.5. The third-order valence-electron chi connectivity index (χ3n) is 3.49. The Morgan fingerprint density at radius 3 is 2.71 bits per heavy atom. The van der Waals surface area contributed by atoms with Crippen LogP contribution in [-0.2, 0) is 16.8 Å². The summed E-state index contributed by atoms with van der Waals surface area (Å²) in [6, 6.07) is 7.48. The van der Waals surface area contributed by atoms with Gasteiger partial charge in [-0.2, -0.15) is 0 Å². The standard InChI is InChI=1S/C16H19ClN2OS/c1-11-18-9-14(21-11)10-19(4)15(20)16(2,3)12-6-5-7-13(17)8-12/h5-9H,10H2,1-4H3. The van der Waals surface area contributed by atoms with Crippen LogP contribution >= 0.6 is 22.9 Å². The number of thiazole rings is 1. The molecule has 2 aromatic rings. The second kappa shape index (κ2) is 6.16. The number of aromatic nitrogens is 1. The number of nitrogens with zero attached hydrogens (tertiary/aromatic N) is 2. The zero-order valence-corrected chi connectivity index (χ0v) is 14.3. The number of halogens is 1. The van der Waals surface area contributed by atoms with Crippen LogP contribution in [0.4, 0.5) is 0 Å². The van der Waals surface area contributed by atoms with Gasteiger partial charge < -0.3 is 4.90 Å². The monoisotopic (exact) mass is 322 g/mol. The summed E-state index contributed by atoms with van der Waals surface area (Å²) in [6.45, 7) is 6.39. The number of likely N-dealkylation sites (N-methyl/N-ethyl adjacent to an activating group) is 1. The minimum atomic E-state index is -0.612. The van der Waals surface area contributed by atoms with Gasteiger partial charge in [-0.25, -0.2) is 4.98 Å². The molecule has 0 saturated heterocycles. The first kappa shape index (κ1) is 16.0. The molecule has 0 aliphatic carbocycles. The molecule has 0 spiro atoms. The molecule has 1 heterocycles. The molecule has 0 aliphatic rings. The SMILES string of the molecule is Cc1ncc(CN(C)C(=O)C(C)(C)c2cccc(Cl)c2)s1. The third-order valence-corrected chi connectivity index (χ3v) is 4.62. The second-order valence-corrected chi connectivity index (χ2v) is 7.40. The van der Waals surface area contributed by atoms with Gasteiger partial charge in [0, 0.05) is 23.1 Å². The summed E-state index contributed by atoms with van der Waals surface area (Å²) in [5.41, 5.74) is 0.312. The van der Waals surface area contributed by atoms with E-state index in [0.29, 0.717) is 11.6 Å². The zero-order chi connectivity index (χ0) is 15.6. The van der Waals surface area contributed by atoms with Gasteiger partial charge in [0.05, 0.1) is 17.0 Å². The molecule has 0 N–H and O–H groups in total. The number of carbonyl (C=O) groups is 1. The van der Waals surface area contributed by atoms with Crippen molar-refractivity contribution in [1.82, 2.24) is 9.88 Å². The smallest absolute Gasteiger partial charge is 0.232 e. The molecule has 1 amide bonds. The lowest BCUT2D eigenvalue weighted by Gasteiger charge is -2.29. The number of benzene rings is 1. The van der Waals surface area contributed by atoms with Crippen molar-refractivity contribution in [2.45, 2.75) is 32.7 Å². The van der Waals surface area contributed by atoms with E-state index >= 15 is 0 Å². The highest BCUT2D eigenvalue weighted by Crippen LogP contribution is 2.28. The maximum atomic E-state index is 12.8. The Morgan fingerprint density at radius 1 is 1.43 bits per heavy atom. The number of amides is 1. The zero-order valence-electron chi connectivity index (χ0n) is 12.7. The Labute approximate surface area is 134 Å². The van der Waals surface area contributed by atoms with Gasteiger partial charge in [-0.1, -0.05) is 23.7 Å². The van der Waals surface area contributed by atoms with Gasteiger partial charge in [-0.05, 0) is 38.5 Å². The van der Waals surface area contributed by atoms with Crippen LogP contribution < -0.4 is 0 Å². The lowest BCUT2D eigenvalue weighted by atomic mass is 9.83. The van der Waals surface area contributed by atoms with Crippen molar-refractivity contribution < 1.29 is 4.79 Å². The molecule has 0 radical (unpaired) electrons. The van der Waals surface area contributed by atoms with E-state index in [1.54, 1.807) is 16.2 Å². The maximum absolute atomic E-state index is 12.8. The summed E-state index contributed by atoms with van der Waals surface area (Å²) in [7, 11) is 1.82. The van der Waals surface area contributed by atoms with Gasteiger partial charge >= 0.3 is 0 Å². The first-order chi connectivity index (χ1) is 9.80. The first-order valence-electron chi connectivity index (χ1n) is 6.73. The predicted molar refractivity (Wildman–Crippen MR) is 87.8 cm³/mol. The number of hydrogen-bond acceptors (Lipinski definition) is 3. The van der Waals surface area contributed by atoms with E-state index < -0.39 is 5.41 Å². The Morgan fingerprint density at radius 2 is 2.14 bits per heavy atom. The van der Waals surface area contributed by atoms with Gasteiger partial charge in [0.2, 0.25) is 5.91 Å². The molecule has 112 valence electrons. The number of hydrogen-bond donors (Lipinski definition) is 0. The number of carbonyl (C=O) groups excluding carboxylic acids is 1. The minimum Gasteiger partial charge on any atom is -0.340 e. The minimum absolute atomic E-state index is 0.0656. The molecule has 0 atom stereocenters. The summed E-state index contributed by atoms with van der Waals surface area (Å²) in [5, 5.41) is 1.66. The molecule has 0 aliphatic heterocycles. The van der Waals surface area contributed by atoms with Crippen LogP contribution in [0.3, 0.4) is 0 Å². The van der Waals surface area contributed by atoms with Crippen LogP contribution in [0.15, 0.2) is 30.5 Å². The molecule has 3 nitrogen and oxygen atoms in total. The van der Waals surface area contributed by atoms with Crippen LogP contribution in [0.1, 0.15) is 29.3 Å². The fraction of sp³-hybridized carbons (Fsp3) is 0.375. The second-order valence-electron chi connectivity index (χ2n) is 5.64. The van der Waals surface area contributed by atoms with E-state index in [9.17, 15) is 4.79 Å². The average Bonchev–Trinajstić information content (AvgIpc) is 2.83. The predicted octanol–water partition coefficient (Wildman–Crippen LogP) is 4.04. The van der Waals surface area contributed by atoms with E-state index in [0.717, 1.165) is 15.4 Å². The molecule has 5 heteroatoms. The van der Waals surface area contributed by atoms with Crippen LogP contribution in [0.2, 0.25) is 5.02 Å². The highest BCUT2D eigenvalue weighted by Gasteiger charge is 2.32. The van der Waals surface area contributed by atoms with Crippen LogP contribution in [0.5, 0.6) is 0 Å². The van der Waals surface area contributed by atoms with Gasteiger partial charge in [-0.15, -0.1) is 11.3 Å². The summed E-state index contributed by atoms with van der Waals surface area (Å²) in [6.07, 6.45) is 1.83. The van der Waals surface area contributed by atoms with Gasteiger partial charge in [0.1, 0.15) is 0 Å². The van der Waals surface area contributed by atoms with Crippen molar-refractivity contribution in [3.05, 3.63) is 50.9 Å². The van der Waals surface area contributed by atoms with Gasteiger partial charge in [-0.3, -0.25) is 4.79 Å². The summed E-state index contributed by atoms with van der Waals surface area (Å²) in [5.74, 6) is 0.0656. The lowest BCUT2D eigenvalue weighted by molar-refractivity contribution is -0.135. The number of aryl methyl sites for hydroxylation is 1. The normalized spacial score (nSPS) is 11.5. The highest BCUT2D eigenvalue weighted by molar-refractivity contribution is 7.11. The van der Waals surface area contributed by atoms with Crippen molar-refractivity contribution >= 4 is 28.8 Å². The quantitative estimate of drug-likeness (QED) is 0.851. The van der Waals surface area contributed by atoms with Gasteiger partial charge in [0.25, 0.3) is 0 Å². The van der Waals surface area contributed by atoms with Crippen molar-refractivity contribution in [3.63, 3.8) is 0 Å². The van der Waals surface area contributed by atoms with Crippen LogP contribution in [-0.4, -0.2) is 22.8 Å². The lowest BCUT2D eigenvalue weighted by Crippen LogP contribution is -2.40. The molecule has 21 heavy (non-hydrogen) atoms. The summed E-state index contributed by atoms with van der Waals surface area (Å²) >= 11 is 7.65. The van der Waals surface area contributed by atoms with Gasteiger partial charge in [0.15, 0.2) is 0 Å². The van der Waals surface area contributed by atoms with E-state index in [1.807, 2.05) is 58.3 Å². The van der Waals surface area contributed by atoms with E-state index in [1.165, 1.54) is 0 Å². The fourth-order valence-corrected chi connectivity index (χ4v) is 3.30. The Hall–Kier alpha value is -1.39. The van der Waals surface area contributed by atoms with Crippen LogP contribution in [0.25, 0.3) is 0 Å². The van der Waals surface area contributed by atoms with Crippen molar-refractivity contribution in [1.29, 1.82) is 0 Å². The first-order valence-corrected chi connectivity index (χ1v) is 7.93. The molecule has 1 aromatic heterocycles. The van der Waals surface area contributed by atoms with E-state index in [4.69, 9.17) is 11.6 Å². The molecule has 0 unspecified atom stereocenters. The molecule has 2 rings (SSSR count). The van der Waals surface area contributed by atoms with E-state index in [-0.39, 0.29) is 5.91 Å². The van der Waals surface area contributed by atoms with Crippen molar-refractivity contribution in [2.75, 3.05) is 7.05 Å². The Bertz CT molecular complexity index is 651. The largest absolute Gasteiger partial charge is 0.340 e. The molecule has 0 saturated carbocycles. The average molecular weight is 323 g/mol. The molecule has 1 aromatic carbocycles. The Balaban J connectivity index is 2.17. The fourth-order valence-electron chi connectivity index (χ4n) is 2.26. The van der Waals surface area contributed by atoms with E-state index in [2.05, 4.69) is 4.98 Å². The molecule has 0 bridgehead atoms. The third kappa shape index (κ3) is 3.63. The summed E-state index contributed by atoms with van der Waals surface area (Å²) < 4.78 is 0. The topological polar surface area (TPSA) is 33.2 Å². The number of rotatable bonds is 4. The van der Waals surface area contributed by atoms with Crippen LogP contribution in [0, 0.1) is 6.92 Å². The van der Waals surface area contributed by atoms with Crippen molar-refractivity contribution in [3.8, 4) is 0 Å². The molecular weight excluding hydrogens is 304 g/mol. The maximum Gasteiger partial charge on any atom is 0.232 e. The Kier molecular flexibility index (Phi) is 4.69. The summed E-state index contributed by atoms with van der Waals surface area (Å²) in [4.78, 5) is 19.8.